The molecule has 0 bridgehead atoms. The summed E-state index contributed by atoms with van der Waals surface area (Å²) < 4.78 is 0. The minimum absolute atomic E-state index is 0.182. The summed E-state index contributed by atoms with van der Waals surface area (Å²) in [5, 5.41) is 0. The maximum atomic E-state index is 2.39. The molecule has 0 heterocycles. The van der Waals surface area contributed by atoms with Gasteiger partial charge in [0.2, 0.25) is 0 Å². The smallest absolute Gasteiger partial charge is 0.0125 e. The summed E-state index contributed by atoms with van der Waals surface area (Å²) in [6, 6.07) is 11.3. The molecule has 0 aliphatic carbocycles. The molecule has 2 rings (SSSR count). The van der Waals surface area contributed by atoms with Gasteiger partial charge in [-0.15, -0.1) is 0 Å². The quantitative estimate of drug-likeness (QED) is 0.604. The third-order valence-electron chi connectivity index (χ3n) is 4.25. The van der Waals surface area contributed by atoms with Gasteiger partial charge in [-0.1, -0.05) is 51.1 Å². The highest BCUT2D eigenvalue weighted by Crippen LogP contribution is 2.34. The second-order valence-corrected chi connectivity index (χ2v) is 6.98. The summed E-state index contributed by atoms with van der Waals surface area (Å²) in [6.45, 7) is 15.8. The predicted molar refractivity (Wildman–Crippen MR) is 89.5 cm³/mol. The van der Waals surface area contributed by atoms with Gasteiger partial charge in [0.1, 0.15) is 0 Å². The lowest BCUT2D eigenvalue weighted by Crippen LogP contribution is -2.14. The average Bonchev–Trinajstić information content (AvgIpc) is 2.31. The van der Waals surface area contributed by atoms with Crippen molar-refractivity contribution in [2.45, 2.75) is 53.9 Å². The van der Waals surface area contributed by atoms with Gasteiger partial charge in [-0.2, -0.15) is 0 Å². The summed E-state index contributed by atoms with van der Waals surface area (Å²) >= 11 is 0. The van der Waals surface area contributed by atoms with Crippen LogP contribution in [0.1, 0.15) is 48.6 Å². The van der Waals surface area contributed by atoms with Crippen LogP contribution in [-0.4, -0.2) is 0 Å². The molecule has 0 aromatic heterocycles. The van der Waals surface area contributed by atoms with E-state index in [9.17, 15) is 0 Å². The molecule has 0 atom stereocenters. The zero-order chi connectivity index (χ0) is 15.1. The Kier molecular flexibility index (Phi) is 3.77. The van der Waals surface area contributed by atoms with Gasteiger partial charge in [0.05, 0.1) is 0 Å². The van der Waals surface area contributed by atoms with Crippen LogP contribution in [0, 0.1) is 27.7 Å². The van der Waals surface area contributed by atoms with Gasteiger partial charge < -0.3 is 0 Å². The number of rotatable bonds is 1. The topological polar surface area (TPSA) is 0 Å². The van der Waals surface area contributed by atoms with E-state index >= 15 is 0 Å². The van der Waals surface area contributed by atoms with Crippen molar-refractivity contribution in [2.24, 2.45) is 0 Å². The molecule has 0 N–H and O–H groups in total. The lowest BCUT2D eigenvalue weighted by molar-refractivity contribution is 0.585. The highest BCUT2D eigenvalue weighted by atomic mass is 14.2. The van der Waals surface area contributed by atoms with Crippen molar-refractivity contribution in [3.05, 3.63) is 58.1 Å². The van der Waals surface area contributed by atoms with Gasteiger partial charge in [-0.25, -0.2) is 0 Å². The van der Waals surface area contributed by atoms with Gasteiger partial charge in [0.15, 0.2) is 0 Å². The standard InChI is InChI=1S/C20H26/c1-13-9-8-10-14(2)19(13)17-11-15(3)16(4)18(12-17)20(5,6)7/h8-12H,1-7H3. The average molecular weight is 266 g/mol. The molecule has 0 heteroatoms. The van der Waals surface area contributed by atoms with E-state index in [-0.39, 0.29) is 5.41 Å². The first-order valence-electron chi connectivity index (χ1n) is 7.40. The Balaban J connectivity index is 2.74. The molecule has 0 amide bonds. The van der Waals surface area contributed by atoms with E-state index in [1.807, 2.05) is 0 Å². The molecule has 0 radical (unpaired) electrons. The number of benzene rings is 2. The van der Waals surface area contributed by atoms with Gasteiger partial charge in [0.25, 0.3) is 0 Å². The van der Waals surface area contributed by atoms with Crippen molar-refractivity contribution < 1.29 is 0 Å². The molecule has 0 aliphatic heterocycles. The summed E-state index contributed by atoms with van der Waals surface area (Å²) in [5.41, 5.74) is 9.90. The second kappa shape index (κ2) is 5.09. The van der Waals surface area contributed by atoms with Gasteiger partial charge in [0, 0.05) is 0 Å². The van der Waals surface area contributed by atoms with Crippen LogP contribution in [0.4, 0.5) is 0 Å². The van der Waals surface area contributed by atoms with Gasteiger partial charge in [-0.05, 0) is 72.1 Å². The lowest BCUT2D eigenvalue weighted by atomic mass is 9.80. The largest absolute Gasteiger partial charge is 0.0617 e. The Labute approximate surface area is 123 Å². The first-order valence-corrected chi connectivity index (χ1v) is 7.40. The first kappa shape index (κ1) is 14.8. The Morgan fingerprint density at radius 3 is 1.80 bits per heavy atom. The molecule has 0 nitrogen and oxygen atoms in total. The third kappa shape index (κ3) is 2.65. The van der Waals surface area contributed by atoms with Crippen molar-refractivity contribution in [1.29, 1.82) is 0 Å². The minimum Gasteiger partial charge on any atom is -0.0617 e. The van der Waals surface area contributed by atoms with E-state index in [4.69, 9.17) is 0 Å². The SMILES string of the molecule is Cc1cc(-c2c(C)cccc2C)cc(C(C)(C)C)c1C. The highest BCUT2D eigenvalue weighted by Gasteiger charge is 2.19. The van der Waals surface area contributed by atoms with Crippen LogP contribution < -0.4 is 0 Å². The molecule has 0 aliphatic rings. The monoisotopic (exact) mass is 266 g/mol. The number of aryl methyl sites for hydroxylation is 3. The summed E-state index contributed by atoms with van der Waals surface area (Å²) in [7, 11) is 0. The fourth-order valence-corrected chi connectivity index (χ4v) is 3.05. The van der Waals surface area contributed by atoms with Crippen molar-refractivity contribution in [1.82, 2.24) is 0 Å². The molecule has 0 spiro atoms. The molecular weight excluding hydrogens is 240 g/mol. The Morgan fingerprint density at radius 1 is 0.750 bits per heavy atom. The molecule has 2 aromatic rings. The summed E-state index contributed by atoms with van der Waals surface area (Å²) in [6.07, 6.45) is 0. The maximum Gasteiger partial charge on any atom is -0.0125 e. The van der Waals surface area contributed by atoms with Crippen LogP contribution in [0.2, 0.25) is 0 Å². The van der Waals surface area contributed by atoms with Crippen LogP contribution in [0.25, 0.3) is 11.1 Å². The zero-order valence-electron chi connectivity index (χ0n) is 13.9. The van der Waals surface area contributed by atoms with E-state index in [1.54, 1.807) is 0 Å². The zero-order valence-corrected chi connectivity index (χ0v) is 13.9. The Morgan fingerprint density at radius 2 is 1.30 bits per heavy atom. The van der Waals surface area contributed by atoms with Crippen molar-refractivity contribution in [3.63, 3.8) is 0 Å². The van der Waals surface area contributed by atoms with E-state index in [0.717, 1.165) is 0 Å². The second-order valence-electron chi connectivity index (χ2n) is 6.98. The van der Waals surface area contributed by atoms with E-state index in [1.165, 1.54) is 38.9 Å². The van der Waals surface area contributed by atoms with Crippen molar-refractivity contribution in [2.75, 3.05) is 0 Å². The van der Waals surface area contributed by atoms with Crippen LogP contribution in [0.15, 0.2) is 30.3 Å². The van der Waals surface area contributed by atoms with Gasteiger partial charge >= 0.3 is 0 Å². The molecule has 106 valence electrons. The minimum atomic E-state index is 0.182. The fourth-order valence-electron chi connectivity index (χ4n) is 3.05. The highest BCUT2D eigenvalue weighted by molar-refractivity contribution is 5.73. The van der Waals surface area contributed by atoms with Gasteiger partial charge in [-0.3, -0.25) is 0 Å². The fraction of sp³-hybridized carbons (Fsp3) is 0.400. The molecule has 0 saturated heterocycles. The van der Waals surface area contributed by atoms with Crippen LogP contribution in [0.5, 0.6) is 0 Å². The molecule has 0 saturated carbocycles. The van der Waals surface area contributed by atoms with Crippen LogP contribution in [0.3, 0.4) is 0 Å². The van der Waals surface area contributed by atoms with E-state index < -0.39 is 0 Å². The maximum absolute atomic E-state index is 2.39. The molecule has 2 aromatic carbocycles. The van der Waals surface area contributed by atoms with Crippen molar-refractivity contribution in [3.8, 4) is 11.1 Å². The van der Waals surface area contributed by atoms with E-state index in [0.29, 0.717) is 0 Å². The van der Waals surface area contributed by atoms with E-state index in [2.05, 4.69) is 78.8 Å². The Hall–Kier alpha value is -1.56. The molecule has 0 fully saturated rings. The lowest BCUT2D eigenvalue weighted by Gasteiger charge is -2.25. The van der Waals surface area contributed by atoms with Crippen LogP contribution >= 0.6 is 0 Å². The summed E-state index contributed by atoms with van der Waals surface area (Å²) in [5.74, 6) is 0. The molecule has 0 unspecified atom stereocenters. The first-order chi connectivity index (χ1) is 9.21. The van der Waals surface area contributed by atoms with Crippen molar-refractivity contribution >= 4 is 0 Å². The molecule has 20 heavy (non-hydrogen) atoms. The number of hydrogen-bond acceptors (Lipinski definition) is 0. The molecular formula is C20H26. The number of hydrogen-bond donors (Lipinski definition) is 0. The van der Waals surface area contributed by atoms with Crippen LogP contribution in [-0.2, 0) is 5.41 Å². The Bertz CT molecular complexity index is 620. The normalized spacial score (nSPS) is 11.8. The third-order valence-corrected chi connectivity index (χ3v) is 4.25. The predicted octanol–water partition coefficient (Wildman–Crippen LogP) is 5.88. The summed E-state index contributed by atoms with van der Waals surface area (Å²) in [4.78, 5) is 0.